The van der Waals surface area contributed by atoms with Gasteiger partial charge in [0.05, 0.1) is 24.2 Å². The minimum Gasteiger partial charge on any atom is -0.487 e. The van der Waals surface area contributed by atoms with E-state index in [0.717, 1.165) is 24.9 Å². The first kappa shape index (κ1) is 26.2. The number of hydrogen-bond acceptors (Lipinski definition) is 5. The van der Waals surface area contributed by atoms with Crippen LogP contribution in [-0.2, 0) is 11.4 Å². The molecule has 0 radical (unpaired) electrons. The molecule has 10 heteroatoms. The molecule has 4 rings (SSSR count). The highest BCUT2D eigenvalue weighted by Gasteiger charge is 2.30. The molecule has 0 atom stereocenters. The van der Waals surface area contributed by atoms with Crippen LogP contribution in [0.3, 0.4) is 0 Å². The molecule has 0 aromatic heterocycles. The molecule has 1 fully saturated rings. The lowest BCUT2D eigenvalue weighted by Gasteiger charge is -2.12. The van der Waals surface area contributed by atoms with E-state index in [1.165, 1.54) is 32.4 Å². The molecule has 1 amide bonds. The molecule has 1 aliphatic rings. The van der Waals surface area contributed by atoms with Gasteiger partial charge >= 0.3 is 5.97 Å². The van der Waals surface area contributed by atoms with Crippen LogP contribution in [0, 0.1) is 7.14 Å². The standard InChI is InChI=1S/C25H17BrI2N2O4S/c1-30-23(31)21(35-25(30)29-18-8-4-16(5-9-18)24(32)33)12-15-10-19(26)22(20(28)11-15)34-13-14-2-6-17(27)7-3-14/h2-12H,13H2,1H3,(H,32,33)/b21-12-,29-25?. The number of aliphatic imine (C=N–C) groups is 1. The number of nitrogens with zero attached hydrogens (tertiary/aromatic N) is 2. The highest BCUT2D eigenvalue weighted by Crippen LogP contribution is 2.37. The Hall–Kier alpha value is -1.90. The SMILES string of the molecule is CN1C(=O)/C(=C/c2cc(Br)c(OCc3ccc(I)cc3)c(I)c2)SC1=Nc1ccc(C(=O)O)cc1. The molecule has 3 aromatic rings. The molecule has 6 nitrogen and oxygen atoms in total. The molecule has 35 heavy (non-hydrogen) atoms. The molecular formula is C25H17BrI2N2O4S. The Morgan fingerprint density at radius 3 is 2.46 bits per heavy atom. The van der Waals surface area contributed by atoms with Crippen LogP contribution in [0.2, 0.25) is 0 Å². The van der Waals surface area contributed by atoms with Crippen molar-refractivity contribution >= 4 is 102 Å². The fourth-order valence-electron chi connectivity index (χ4n) is 3.13. The summed E-state index contributed by atoms with van der Waals surface area (Å²) in [7, 11) is 1.67. The number of hydrogen-bond donors (Lipinski definition) is 1. The first-order chi connectivity index (χ1) is 16.7. The van der Waals surface area contributed by atoms with Crippen LogP contribution in [0.5, 0.6) is 5.75 Å². The van der Waals surface area contributed by atoms with Crippen LogP contribution in [0.25, 0.3) is 6.08 Å². The quantitative estimate of drug-likeness (QED) is 0.213. The third-order valence-electron chi connectivity index (χ3n) is 4.96. The molecule has 1 heterocycles. The number of ether oxygens (including phenoxy) is 1. The molecule has 1 saturated heterocycles. The van der Waals surface area contributed by atoms with Crippen molar-refractivity contribution in [3.05, 3.63) is 93.9 Å². The summed E-state index contributed by atoms with van der Waals surface area (Å²) in [5.74, 6) is -0.397. The molecule has 1 aliphatic heterocycles. The van der Waals surface area contributed by atoms with Crippen molar-refractivity contribution in [1.82, 2.24) is 4.90 Å². The Morgan fingerprint density at radius 1 is 1.14 bits per heavy atom. The third-order valence-corrected chi connectivity index (χ3v) is 8.13. The van der Waals surface area contributed by atoms with Gasteiger partial charge in [-0.3, -0.25) is 9.69 Å². The summed E-state index contributed by atoms with van der Waals surface area (Å²) in [5.41, 5.74) is 2.70. The number of benzene rings is 3. The van der Waals surface area contributed by atoms with Crippen molar-refractivity contribution in [2.24, 2.45) is 4.99 Å². The number of halogens is 3. The van der Waals surface area contributed by atoms with E-state index in [9.17, 15) is 9.59 Å². The van der Waals surface area contributed by atoms with Gasteiger partial charge in [-0.05, 0) is 139 Å². The van der Waals surface area contributed by atoms with Crippen molar-refractivity contribution in [1.29, 1.82) is 0 Å². The second-order valence-electron chi connectivity index (χ2n) is 7.45. The van der Waals surface area contributed by atoms with Gasteiger partial charge in [-0.25, -0.2) is 9.79 Å². The zero-order chi connectivity index (χ0) is 25.1. The smallest absolute Gasteiger partial charge is 0.335 e. The first-order valence-electron chi connectivity index (χ1n) is 10.2. The average molecular weight is 775 g/mol. The molecule has 178 valence electrons. The predicted octanol–water partition coefficient (Wildman–Crippen LogP) is 7.17. The van der Waals surface area contributed by atoms with Crippen LogP contribution in [0.4, 0.5) is 5.69 Å². The molecule has 0 aliphatic carbocycles. The number of amides is 1. The number of rotatable bonds is 6. The molecule has 1 N–H and O–H groups in total. The average Bonchev–Trinajstić information content (AvgIpc) is 3.07. The van der Waals surface area contributed by atoms with Crippen LogP contribution >= 0.6 is 72.9 Å². The maximum absolute atomic E-state index is 12.8. The van der Waals surface area contributed by atoms with Crippen molar-refractivity contribution in [3.63, 3.8) is 0 Å². The lowest BCUT2D eigenvalue weighted by Crippen LogP contribution is -2.23. The van der Waals surface area contributed by atoms with Gasteiger partial charge in [0.25, 0.3) is 5.91 Å². The van der Waals surface area contributed by atoms with E-state index in [4.69, 9.17) is 9.84 Å². The highest BCUT2D eigenvalue weighted by molar-refractivity contribution is 14.1. The van der Waals surface area contributed by atoms with E-state index in [1.807, 2.05) is 42.5 Å². The Kier molecular flexibility index (Phi) is 8.55. The molecule has 0 spiro atoms. The number of carboxylic acid groups (broad SMARTS) is 1. The van der Waals surface area contributed by atoms with Gasteiger partial charge in [0.15, 0.2) is 5.17 Å². The van der Waals surface area contributed by atoms with E-state index in [0.29, 0.717) is 22.4 Å². The number of carboxylic acids is 1. The van der Waals surface area contributed by atoms with Gasteiger partial charge < -0.3 is 9.84 Å². The van der Waals surface area contributed by atoms with Crippen LogP contribution in [0.15, 0.2) is 75.0 Å². The second-order valence-corrected chi connectivity index (χ2v) is 11.7. The Labute approximate surface area is 242 Å². The van der Waals surface area contributed by atoms with Crippen molar-refractivity contribution in [3.8, 4) is 5.75 Å². The highest BCUT2D eigenvalue weighted by atomic mass is 127. The summed E-state index contributed by atoms with van der Waals surface area (Å²) in [6.07, 6.45) is 1.83. The van der Waals surface area contributed by atoms with Gasteiger partial charge in [-0.15, -0.1) is 0 Å². The number of carbonyl (C=O) groups excluding carboxylic acids is 1. The molecule has 3 aromatic carbocycles. The van der Waals surface area contributed by atoms with Gasteiger partial charge in [-0.2, -0.15) is 0 Å². The van der Waals surface area contributed by atoms with E-state index in [-0.39, 0.29) is 11.5 Å². The van der Waals surface area contributed by atoms with Gasteiger partial charge in [0.1, 0.15) is 12.4 Å². The monoisotopic (exact) mass is 774 g/mol. The van der Waals surface area contributed by atoms with Crippen LogP contribution < -0.4 is 4.74 Å². The van der Waals surface area contributed by atoms with Crippen molar-refractivity contribution in [2.75, 3.05) is 7.05 Å². The number of aromatic carboxylic acids is 1. The third kappa shape index (κ3) is 6.46. The lowest BCUT2D eigenvalue weighted by molar-refractivity contribution is -0.121. The fourth-order valence-corrected chi connectivity index (χ4v) is 6.24. The van der Waals surface area contributed by atoms with E-state index in [2.05, 4.69) is 66.1 Å². The first-order valence-corrected chi connectivity index (χ1v) is 13.9. The normalized spacial score (nSPS) is 15.8. The van der Waals surface area contributed by atoms with Gasteiger partial charge in [-0.1, -0.05) is 12.1 Å². The fraction of sp³-hybridized carbons (Fsp3) is 0.0800. The maximum Gasteiger partial charge on any atom is 0.335 e. The predicted molar refractivity (Wildman–Crippen MR) is 159 cm³/mol. The lowest BCUT2D eigenvalue weighted by atomic mass is 10.2. The number of likely N-dealkylation sites (N-methyl/N-ethyl adjacent to an activating group) is 1. The zero-order valence-corrected chi connectivity index (χ0v) is 24.9. The van der Waals surface area contributed by atoms with Crippen LogP contribution in [0.1, 0.15) is 21.5 Å². The largest absolute Gasteiger partial charge is 0.487 e. The number of amidine groups is 1. The minimum atomic E-state index is -0.996. The van der Waals surface area contributed by atoms with E-state index in [1.54, 1.807) is 19.2 Å². The summed E-state index contributed by atoms with van der Waals surface area (Å²) in [6, 6.07) is 18.3. The second kappa shape index (κ2) is 11.4. The maximum atomic E-state index is 12.8. The van der Waals surface area contributed by atoms with Crippen molar-refractivity contribution in [2.45, 2.75) is 6.61 Å². The van der Waals surface area contributed by atoms with Gasteiger partial charge in [0.2, 0.25) is 0 Å². The molecule has 0 unspecified atom stereocenters. The summed E-state index contributed by atoms with van der Waals surface area (Å²) in [5, 5.41) is 9.57. The van der Waals surface area contributed by atoms with E-state index >= 15 is 0 Å². The summed E-state index contributed by atoms with van der Waals surface area (Å²) >= 11 is 9.38. The Morgan fingerprint density at radius 2 is 1.83 bits per heavy atom. The molecule has 0 bridgehead atoms. The Balaban J connectivity index is 1.52. The summed E-state index contributed by atoms with van der Waals surface area (Å²) in [6.45, 7) is 0.457. The van der Waals surface area contributed by atoms with Gasteiger partial charge in [0, 0.05) is 10.6 Å². The summed E-state index contributed by atoms with van der Waals surface area (Å²) < 4.78 is 8.95. The molecular weight excluding hydrogens is 758 g/mol. The topological polar surface area (TPSA) is 79.2 Å². The van der Waals surface area contributed by atoms with Crippen molar-refractivity contribution < 1.29 is 19.4 Å². The minimum absolute atomic E-state index is 0.152. The molecule has 0 saturated carbocycles. The van der Waals surface area contributed by atoms with E-state index < -0.39 is 5.97 Å². The number of thioether (sulfide) groups is 1. The van der Waals surface area contributed by atoms with Crippen LogP contribution in [-0.4, -0.2) is 34.1 Å². The zero-order valence-electron chi connectivity index (χ0n) is 18.2. The summed E-state index contributed by atoms with van der Waals surface area (Å²) in [4.78, 5) is 30.4. The number of carbonyl (C=O) groups is 2. The Bertz CT molecular complexity index is 1340.